The lowest BCUT2D eigenvalue weighted by Crippen LogP contribution is -2.08. The number of halogens is 4. The van der Waals surface area contributed by atoms with E-state index in [9.17, 15) is 4.79 Å². The minimum absolute atomic E-state index is 0.123. The number of ether oxygens (including phenoxy) is 3. The first kappa shape index (κ1) is 25.9. The summed E-state index contributed by atoms with van der Waals surface area (Å²) in [6.45, 7) is 4.57. The summed E-state index contributed by atoms with van der Waals surface area (Å²) in [5.41, 5.74) is 0.599. The van der Waals surface area contributed by atoms with Crippen molar-refractivity contribution in [3.63, 3.8) is 0 Å². The van der Waals surface area contributed by atoms with Gasteiger partial charge in [-0.15, -0.1) is 0 Å². The second-order valence-electron chi connectivity index (χ2n) is 5.89. The maximum absolute atomic E-state index is 10.6. The van der Waals surface area contributed by atoms with Crippen molar-refractivity contribution in [2.24, 2.45) is 5.16 Å². The Hall–Kier alpha value is -1.18. The fourth-order valence-electron chi connectivity index (χ4n) is 2.00. The molecule has 6 nitrogen and oxygen atoms in total. The molecule has 0 N–H and O–H groups in total. The van der Waals surface area contributed by atoms with Gasteiger partial charge in [-0.1, -0.05) is 51.6 Å². The Bertz CT molecular complexity index is 698. The van der Waals surface area contributed by atoms with Crippen LogP contribution in [0.5, 0.6) is 11.5 Å². The monoisotopic (exact) mass is 485 g/mol. The molecule has 0 unspecified atom stereocenters. The van der Waals surface area contributed by atoms with Crippen molar-refractivity contribution >= 4 is 58.1 Å². The normalized spacial score (nSPS) is 11.2. The first-order chi connectivity index (χ1) is 13.8. The Kier molecular flexibility index (Phi) is 13.1. The van der Waals surface area contributed by atoms with Crippen LogP contribution in [0, 0.1) is 0 Å². The first-order valence-corrected chi connectivity index (χ1v) is 10.4. The molecule has 1 aromatic carbocycles. The van der Waals surface area contributed by atoms with Crippen LogP contribution in [-0.4, -0.2) is 38.1 Å². The number of benzene rings is 1. The molecule has 0 fully saturated rings. The standard InChI is InChI=1S/C19H23Cl4NO5/c1-13(24-29-14(2)25)12-26-7-4-3-5-8-28-19-16(20)10-15(11-17(19)21)27-9-6-18(22)23/h6,10-11H,3-5,7-9,12H2,1-2H3. The molecule has 1 aromatic rings. The molecule has 0 aliphatic heterocycles. The van der Waals surface area contributed by atoms with E-state index < -0.39 is 5.97 Å². The number of oxime groups is 1. The molecule has 0 bridgehead atoms. The van der Waals surface area contributed by atoms with Gasteiger partial charge in [-0.2, -0.15) is 0 Å². The van der Waals surface area contributed by atoms with E-state index in [4.69, 9.17) is 60.6 Å². The lowest BCUT2D eigenvalue weighted by atomic mass is 10.2. The van der Waals surface area contributed by atoms with E-state index in [0.717, 1.165) is 19.3 Å². The molecular weight excluding hydrogens is 464 g/mol. The van der Waals surface area contributed by atoms with E-state index in [-0.39, 0.29) is 11.1 Å². The zero-order chi connectivity index (χ0) is 21.6. The Morgan fingerprint density at radius 3 is 2.31 bits per heavy atom. The van der Waals surface area contributed by atoms with Crippen molar-refractivity contribution in [2.45, 2.75) is 33.1 Å². The van der Waals surface area contributed by atoms with Gasteiger partial charge in [0, 0.05) is 25.7 Å². The number of nitrogens with zero attached hydrogens (tertiary/aromatic N) is 1. The molecular formula is C19H23Cl4NO5. The summed E-state index contributed by atoms with van der Waals surface area (Å²) in [5, 5.41) is 4.35. The van der Waals surface area contributed by atoms with E-state index >= 15 is 0 Å². The molecule has 1 rings (SSSR count). The number of hydrogen-bond donors (Lipinski definition) is 0. The van der Waals surface area contributed by atoms with Crippen molar-refractivity contribution in [2.75, 3.05) is 26.4 Å². The summed E-state index contributed by atoms with van der Waals surface area (Å²) in [7, 11) is 0. The predicted octanol–water partition coefficient (Wildman–Crippen LogP) is 6.20. The van der Waals surface area contributed by atoms with Crippen molar-refractivity contribution in [1.82, 2.24) is 0 Å². The van der Waals surface area contributed by atoms with Crippen LogP contribution in [0.15, 0.2) is 27.9 Å². The van der Waals surface area contributed by atoms with Gasteiger partial charge in [0.05, 0.1) is 29.0 Å². The van der Waals surface area contributed by atoms with Crippen molar-refractivity contribution in [1.29, 1.82) is 0 Å². The molecule has 0 radical (unpaired) electrons. The third-order valence-corrected chi connectivity index (χ3v) is 4.15. The Balaban J connectivity index is 2.25. The number of unbranched alkanes of at least 4 members (excludes halogenated alkanes) is 2. The molecule has 29 heavy (non-hydrogen) atoms. The predicted molar refractivity (Wildman–Crippen MR) is 117 cm³/mol. The molecule has 0 saturated carbocycles. The van der Waals surface area contributed by atoms with E-state index in [1.54, 1.807) is 19.1 Å². The average molecular weight is 487 g/mol. The van der Waals surface area contributed by atoms with Gasteiger partial charge in [-0.3, -0.25) is 0 Å². The third-order valence-electron chi connectivity index (χ3n) is 3.28. The fraction of sp³-hybridized carbons (Fsp3) is 0.474. The Morgan fingerprint density at radius 2 is 1.69 bits per heavy atom. The van der Waals surface area contributed by atoms with Crippen molar-refractivity contribution < 1.29 is 23.8 Å². The van der Waals surface area contributed by atoms with Gasteiger partial charge >= 0.3 is 5.97 Å². The summed E-state index contributed by atoms with van der Waals surface area (Å²) >= 11 is 23.5. The molecule has 0 heterocycles. The Morgan fingerprint density at radius 1 is 1.03 bits per heavy atom. The van der Waals surface area contributed by atoms with Gasteiger partial charge in [-0.25, -0.2) is 4.79 Å². The smallest absolute Gasteiger partial charge is 0.331 e. The van der Waals surface area contributed by atoms with Gasteiger partial charge in [0.15, 0.2) is 5.75 Å². The largest absolute Gasteiger partial charge is 0.490 e. The van der Waals surface area contributed by atoms with Gasteiger partial charge in [0.2, 0.25) is 0 Å². The van der Waals surface area contributed by atoms with E-state index in [2.05, 4.69) is 9.99 Å². The number of carbonyl (C=O) groups excluding carboxylic acids is 1. The minimum Gasteiger partial charge on any atom is -0.490 e. The van der Waals surface area contributed by atoms with E-state index in [0.29, 0.717) is 47.1 Å². The van der Waals surface area contributed by atoms with E-state index in [1.165, 1.54) is 13.0 Å². The molecule has 0 saturated heterocycles. The van der Waals surface area contributed by atoms with Gasteiger partial charge in [0.1, 0.15) is 16.8 Å². The summed E-state index contributed by atoms with van der Waals surface area (Å²) in [6, 6.07) is 3.23. The SMILES string of the molecule is CC(=O)ON=C(C)COCCCCCOc1c(Cl)cc(OCC=C(Cl)Cl)cc1Cl. The molecule has 0 amide bonds. The average Bonchev–Trinajstić information content (AvgIpc) is 2.63. The van der Waals surface area contributed by atoms with Gasteiger partial charge in [-0.05, 0) is 32.3 Å². The summed E-state index contributed by atoms with van der Waals surface area (Å²) < 4.78 is 16.7. The fourth-order valence-corrected chi connectivity index (χ4v) is 2.71. The van der Waals surface area contributed by atoms with Crippen molar-refractivity contribution in [3.05, 3.63) is 32.7 Å². The highest BCUT2D eigenvalue weighted by atomic mass is 35.5. The van der Waals surface area contributed by atoms with Crippen LogP contribution in [0.2, 0.25) is 10.0 Å². The molecule has 0 atom stereocenters. The third kappa shape index (κ3) is 12.2. The molecule has 10 heteroatoms. The molecule has 0 spiro atoms. The molecule has 162 valence electrons. The quantitative estimate of drug-likeness (QED) is 0.144. The highest BCUT2D eigenvalue weighted by molar-refractivity contribution is 6.55. The van der Waals surface area contributed by atoms with Crippen LogP contribution in [0.4, 0.5) is 0 Å². The highest BCUT2D eigenvalue weighted by Crippen LogP contribution is 2.37. The Labute approximate surface area is 190 Å². The first-order valence-electron chi connectivity index (χ1n) is 8.84. The van der Waals surface area contributed by atoms with Gasteiger partial charge in [0.25, 0.3) is 0 Å². The zero-order valence-electron chi connectivity index (χ0n) is 16.2. The van der Waals surface area contributed by atoms with Gasteiger partial charge < -0.3 is 19.0 Å². The van der Waals surface area contributed by atoms with Crippen LogP contribution in [0.3, 0.4) is 0 Å². The molecule has 0 aliphatic carbocycles. The second-order valence-corrected chi connectivity index (χ2v) is 7.71. The number of hydrogen-bond acceptors (Lipinski definition) is 6. The lowest BCUT2D eigenvalue weighted by Gasteiger charge is -2.12. The highest BCUT2D eigenvalue weighted by Gasteiger charge is 2.10. The summed E-state index contributed by atoms with van der Waals surface area (Å²) in [4.78, 5) is 15.2. The lowest BCUT2D eigenvalue weighted by molar-refractivity contribution is -0.141. The summed E-state index contributed by atoms with van der Waals surface area (Å²) in [5.74, 6) is 0.447. The topological polar surface area (TPSA) is 66.4 Å². The van der Waals surface area contributed by atoms with Crippen LogP contribution in [0.1, 0.15) is 33.1 Å². The maximum Gasteiger partial charge on any atom is 0.331 e. The van der Waals surface area contributed by atoms with Crippen molar-refractivity contribution in [3.8, 4) is 11.5 Å². The van der Waals surface area contributed by atoms with Crippen LogP contribution in [-0.2, 0) is 14.4 Å². The molecule has 0 aliphatic rings. The van der Waals surface area contributed by atoms with Crippen LogP contribution < -0.4 is 9.47 Å². The van der Waals surface area contributed by atoms with Crippen LogP contribution in [0.25, 0.3) is 0 Å². The maximum atomic E-state index is 10.6. The van der Waals surface area contributed by atoms with E-state index in [1.807, 2.05) is 0 Å². The number of rotatable bonds is 13. The second kappa shape index (κ2) is 14.7. The minimum atomic E-state index is -0.458. The van der Waals surface area contributed by atoms with Crippen LogP contribution >= 0.6 is 46.4 Å². The number of carbonyl (C=O) groups is 1. The summed E-state index contributed by atoms with van der Waals surface area (Å²) in [6.07, 6.45) is 4.08. The molecule has 0 aromatic heterocycles. The zero-order valence-corrected chi connectivity index (χ0v) is 19.2.